The summed E-state index contributed by atoms with van der Waals surface area (Å²) in [5.74, 6) is -4.11. The normalized spacial score (nSPS) is 21.6. The van der Waals surface area contributed by atoms with E-state index in [1.165, 1.54) is 12.1 Å². The van der Waals surface area contributed by atoms with Crippen LogP contribution in [-0.4, -0.2) is 18.6 Å². The van der Waals surface area contributed by atoms with Crippen LogP contribution in [0.25, 0.3) is 0 Å². The number of rotatable bonds is 1. The monoisotopic (exact) mass is 393 g/mol. The van der Waals surface area contributed by atoms with E-state index < -0.39 is 30.5 Å². The summed E-state index contributed by atoms with van der Waals surface area (Å²) in [7, 11) is 0. The van der Waals surface area contributed by atoms with Crippen molar-refractivity contribution in [2.75, 3.05) is 6.61 Å². The molecule has 8 heteroatoms. The average Bonchev–Trinajstić information content (AvgIpc) is 2.26. The van der Waals surface area contributed by atoms with E-state index in [0.717, 1.165) is 6.07 Å². The molecule has 1 N–H and O–H groups in total. The molecule has 0 radical (unpaired) electrons. The molecule has 2 rings (SSSR count). The summed E-state index contributed by atoms with van der Waals surface area (Å²) < 4.78 is 45.4. The predicted octanol–water partition coefficient (Wildman–Crippen LogP) is 3.27. The van der Waals surface area contributed by atoms with Gasteiger partial charge in [0.25, 0.3) is 0 Å². The van der Waals surface area contributed by atoms with Crippen LogP contribution in [0, 0.1) is 9.39 Å². The fourth-order valence-corrected chi connectivity index (χ4v) is 2.07. The predicted molar refractivity (Wildman–Crippen MR) is 68.5 cm³/mol. The van der Waals surface area contributed by atoms with Gasteiger partial charge in [-0.05, 0) is 40.8 Å². The van der Waals surface area contributed by atoms with Crippen LogP contribution in [0.2, 0.25) is 0 Å². The Kier molecular flexibility index (Phi) is 4.71. The second-order valence-corrected chi connectivity index (χ2v) is 4.83. The Morgan fingerprint density at radius 3 is 2.78 bits per heavy atom. The number of amides is 1. The molecule has 18 heavy (non-hydrogen) atoms. The molecule has 0 spiro atoms. The van der Waals surface area contributed by atoms with Gasteiger partial charge < -0.3 is 10.1 Å². The largest absolute Gasteiger partial charge is 0.443 e. The van der Waals surface area contributed by atoms with Crippen LogP contribution < -0.4 is 5.32 Å². The Labute approximate surface area is 121 Å². The molecule has 3 nitrogen and oxygen atoms in total. The van der Waals surface area contributed by atoms with Gasteiger partial charge in [-0.2, -0.15) is 0 Å². The van der Waals surface area contributed by atoms with Crippen LogP contribution in [0.4, 0.5) is 18.0 Å². The van der Waals surface area contributed by atoms with Gasteiger partial charge in [0.1, 0.15) is 11.9 Å². The molecule has 1 amide bonds. The number of carbonyl (C=O) groups excluding carboxylic acids is 1. The molecule has 1 atom stereocenters. The highest BCUT2D eigenvalue weighted by atomic mass is 127. The standard InChI is InChI=1S/C10H7F3INO2.ClH/c11-7-2-1-5(14)3-6(7)8-10(12,13)4-17-9(16)15-8;/h1-3,8H,4H2,(H,15,16);1H/t8-;/m0./s1. The number of benzene rings is 1. The Morgan fingerprint density at radius 2 is 2.11 bits per heavy atom. The maximum absolute atomic E-state index is 13.5. The van der Waals surface area contributed by atoms with E-state index in [1.54, 1.807) is 0 Å². The molecule has 0 aromatic heterocycles. The highest BCUT2D eigenvalue weighted by Gasteiger charge is 2.47. The van der Waals surface area contributed by atoms with Crippen LogP contribution >= 0.6 is 35.0 Å². The van der Waals surface area contributed by atoms with Gasteiger partial charge in [-0.15, -0.1) is 12.4 Å². The van der Waals surface area contributed by atoms with E-state index in [4.69, 9.17) is 0 Å². The number of hydrogen-bond acceptors (Lipinski definition) is 2. The molecule has 1 saturated heterocycles. The number of halogens is 5. The zero-order chi connectivity index (χ0) is 12.6. The van der Waals surface area contributed by atoms with Gasteiger partial charge in [-0.1, -0.05) is 0 Å². The van der Waals surface area contributed by atoms with Crippen LogP contribution in [0.15, 0.2) is 18.2 Å². The smallest absolute Gasteiger partial charge is 0.408 e. The zero-order valence-corrected chi connectivity index (χ0v) is 11.7. The summed E-state index contributed by atoms with van der Waals surface area (Å²) in [6, 6.07) is 2.13. The van der Waals surface area contributed by atoms with Crippen molar-refractivity contribution in [2.45, 2.75) is 12.0 Å². The first kappa shape index (κ1) is 15.4. The highest BCUT2D eigenvalue weighted by molar-refractivity contribution is 14.1. The Balaban J connectivity index is 0.00000162. The number of ether oxygens (including phenoxy) is 1. The fraction of sp³-hybridized carbons (Fsp3) is 0.300. The van der Waals surface area contributed by atoms with E-state index in [-0.39, 0.29) is 18.0 Å². The number of alkyl halides is 2. The fourth-order valence-electron chi connectivity index (χ4n) is 1.55. The molecule has 1 aromatic rings. The second kappa shape index (κ2) is 5.52. The number of hydrogen-bond donors (Lipinski definition) is 1. The summed E-state index contributed by atoms with van der Waals surface area (Å²) in [6.07, 6.45) is -0.973. The lowest BCUT2D eigenvalue weighted by atomic mass is 10.00. The minimum Gasteiger partial charge on any atom is -0.443 e. The lowest BCUT2D eigenvalue weighted by Gasteiger charge is -2.32. The number of alkyl carbamates (subject to hydrolysis) is 1. The summed E-state index contributed by atoms with van der Waals surface area (Å²) in [5.41, 5.74) is -0.237. The van der Waals surface area contributed by atoms with Gasteiger partial charge in [0.2, 0.25) is 0 Å². The molecule has 1 aliphatic rings. The van der Waals surface area contributed by atoms with Gasteiger partial charge in [-0.25, -0.2) is 18.0 Å². The van der Waals surface area contributed by atoms with Crippen LogP contribution in [0.1, 0.15) is 11.6 Å². The minimum atomic E-state index is -3.33. The lowest BCUT2D eigenvalue weighted by molar-refractivity contribution is -0.105. The third kappa shape index (κ3) is 3.00. The number of carbonyl (C=O) groups is 1. The summed E-state index contributed by atoms with van der Waals surface area (Å²) in [5, 5.41) is 1.94. The summed E-state index contributed by atoms with van der Waals surface area (Å²) in [4.78, 5) is 10.9. The molecule has 0 unspecified atom stereocenters. The third-order valence-electron chi connectivity index (χ3n) is 2.35. The van der Waals surface area contributed by atoms with Gasteiger partial charge in [0.15, 0.2) is 6.61 Å². The molecule has 0 aliphatic carbocycles. The average molecular weight is 394 g/mol. The summed E-state index contributed by atoms with van der Waals surface area (Å²) in [6.45, 7) is -1.05. The third-order valence-corrected chi connectivity index (χ3v) is 3.02. The van der Waals surface area contributed by atoms with Crippen molar-refractivity contribution in [1.82, 2.24) is 5.32 Å². The van der Waals surface area contributed by atoms with Crippen LogP contribution in [0.3, 0.4) is 0 Å². The van der Waals surface area contributed by atoms with E-state index in [2.05, 4.69) is 4.74 Å². The van der Waals surface area contributed by atoms with Gasteiger partial charge >= 0.3 is 12.0 Å². The van der Waals surface area contributed by atoms with Gasteiger partial charge in [0, 0.05) is 9.13 Å². The van der Waals surface area contributed by atoms with E-state index in [9.17, 15) is 18.0 Å². The number of nitrogens with one attached hydrogen (secondary N) is 1. The van der Waals surface area contributed by atoms with Crippen molar-refractivity contribution in [3.63, 3.8) is 0 Å². The van der Waals surface area contributed by atoms with Crippen molar-refractivity contribution >= 4 is 41.1 Å². The molecule has 1 aliphatic heterocycles. The van der Waals surface area contributed by atoms with E-state index in [1.807, 2.05) is 27.9 Å². The van der Waals surface area contributed by atoms with Crippen molar-refractivity contribution in [3.8, 4) is 0 Å². The lowest BCUT2D eigenvalue weighted by Crippen LogP contribution is -2.49. The summed E-state index contributed by atoms with van der Waals surface area (Å²) >= 11 is 1.88. The Bertz CT molecular complexity index is 472. The van der Waals surface area contributed by atoms with Crippen LogP contribution in [-0.2, 0) is 4.74 Å². The van der Waals surface area contributed by atoms with Crippen molar-refractivity contribution in [1.29, 1.82) is 0 Å². The Hall–Kier alpha value is -0.700. The minimum absolute atomic E-state index is 0. The maximum atomic E-state index is 13.5. The van der Waals surface area contributed by atoms with Crippen molar-refractivity contribution < 1.29 is 22.7 Å². The maximum Gasteiger partial charge on any atom is 0.408 e. The first-order valence-corrected chi connectivity index (χ1v) is 5.74. The van der Waals surface area contributed by atoms with Crippen LogP contribution in [0.5, 0.6) is 0 Å². The van der Waals surface area contributed by atoms with Crippen molar-refractivity contribution in [2.24, 2.45) is 0 Å². The molecule has 0 bridgehead atoms. The zero-order valence-electron chi connectivity index (χ0n) is 8.75. The molecular weight excluding hydrogens is 385 g/mol. The topological polar surface area (TPSA) is 38.3 Å². The molecule has 100 valence electrons. The molecule has 1 heterocycles. The van der Waals surface area contributed by atoms with E-state index in [0.29, 0.717) is 3.57 Å². The first-order chi connectivity index (χ1) is 7.90. The number of cyclic esters (lactones) is 1. The SMILES string of the molecule is Cl.O=C1N[C@@H](c2cc(I)ccc2F)C(F)(F)CO1. The highest BCUT2D eigenvalue weighted by Crippen LogP contribution is 2.36. The quantitative estimate of drug-likeness (QED) is 0.744. The molecule has 0 saturated carbocycles. The van der Waals surface area contributed by atoms with Crippen molar-refractivity contribution in [3.05, 3.63) is 33.1 Å². The molecular formula is C10H8ClF3INO2. The van der Waals surface area contributed by atoms with E-state index >= 15 is 0 Å². The van der Waals surface area contributed by atoms with Gasteiger partial charge in [0.05, 0.1) is 0 Å². The molecule has 1 fully saturated rings. The second-order valence-electron chi connectivity index (χ2n) is 3.58. The van der Waals surface area contributed by atoms with Gasteiger partial charge in [-0.3, -0.25) is 0 Å². The Morgan fingerprint density at radius 1 is 1.44 bits per heavy atom. The molecule has 1 aromatic carbocycles. The first-order valence-electron chi connectivity index (χ1n) is 4.66.